The van der Waals surface area contributed by atoms with Crippen LogP contribution in [0.25, 0.3) is 11.3 Å². The molecular weight excluding hydrogens is 386 g/mol. The predicted octanol–water partition coefficient (Wildman–Crippen LogP) is 4.20. The highest BCUT2D eigenvalue weighted by Crippen LogP contribution is 2.45. The maximum atomic E-state index is 11.7. The van der Waals surface area contributed by atoms with Crippen LogP contribution in [0, 0.1) is 5.41 Å². The average Bonchev–Trinajstić information content (AvgIpc) is 3.21. The second-order valence-electron chi connectivity index (χ2n) is 8.29. The molecule has 0 spiro atoms. The maximum absolute atomic E-state index is 11.7. The number of amides is 1. The number of rotatable bonds is 3. The molecular formula is C21H23N5O4. The molecule has 0 saturated carbocycles. The molecule has 0 radical (unpaired) electrons. The molecule has 4 rings (SSSR count). The maximum Gasteiger partial charge on any atom is 0.407 e. The van der Waals surface area contributed by atoms with Crippen LogP contribution in [0.3, 0.4) is 0 Å². The number of nitrogens with one attached hydrogen (secondary N) is 1. The molecule has 3 heterocycles. The molecule has 9 nitrogen and oxygen atoms in total. The van der Waals surface area contributed by atoms with Crippen molar-refractivity contribution in [2.75, 3.05) is 11.9 Å². The number of hydrogen-bond acceptors (Lipinski definition) is 7. The van der Waals surface area contributed by atoms with Crippen LogP contribution in [-0.2, 0) is 6.42 Å². The van der Waals surface area contributed by atoms with E-state index < -0.39 is 17.6 Å². The van der Waals surface area contributed by atoms with Gasteiger partial charge in [0.25, 0.3) is 0 Å². The fraction of sp³-hybridized carbons (Fsp3) is 0.333. The number of benzene rings is 1. The Morgan fingerprint density at radius 1 is 1.23 bits per heavy atom. The van der Waals surface area contributed by atoms with Crippen LogP contribution in [0.4, 0.5) is 16.4 Å². The standard InChI is InChI=1S/C21H23N5O4/c1-21(2,3)17-16-14(8-9-26(17)20(28)29)24-19(25-18(16)27)23-13-6-4-12(5-7-13)15-10-22-11-30-15/h4-7,10-11,17H,8-9H2,1-3H3,(H,28,29)(H2,23,24,25,27). The number of aromatic nitrogens is 3. The van der Waals surface area contributed by atoms with Gasteiger partial charge in [0.1, 0.15) is 0 Å². The van der Waals surface area contributed by atoms with Crippen LogP contribution in [0.15, 0.2) is 41.3 Å². The first-order valence-corrected chi connectivity index (χ1v) is 9.59. The van der Waals surface area contributed by atoms with E-state index in [1.54, 1.807) is 6.20 Å². The summed E-state index contributed by atoms with van der Waals surface area (Å²) in [5.41, 5.74) is 2.32. The van der Waals surface area contributed by atoms with E-state index in [2.05, 4.69) is 20.3 Å². The van der Waals surface area contributed by atoms with E-state index >= 15 is 0 Å². The van der Waals surface area contributed by atoms with Gasteiger partial charge in [0.05, 0.1) is 23.5 Å². The van der Waals surface area contributed by atoms with Crippen molar-refractivity contribution in [2.24, 2.45) is 5.41 Å². The zero-order valence-corrected chi connectivity index (χ0v) is 17.0. The summed E-state index contributed by atoms with van der Waals surface area (Å²) in [6.07, 6.45) is 2.40. The quantitative estimate of drug-likeness (QED) is 0.588. The van der Waals surface area contributed by atoms with Crippen molar-refractivity contribution < 1.29 is 19.4 Å². The third-order valence-corrected chi connectivity index (χ3v) is 5.10. The molecule has 0 fully saturated rings. The number of fused-ring (bicyclic) bond motifs is 1. The van der Waals surface area contributed by atoms with Gasteiger partial charge in [-0.3, -0.25) is 0 Å². The van der Waals surface area contributed by atoms with Crippen LogP contribution in [0.1, 0.15) is 38.1 Å². The Bertz CT molecular complexity index is 1060. The van der Waals surface area contributed by atoms with Crippen molar-refractivity contribution in [2.45, 2.75) is 33.2 Å². The first kappa shape index (κ1) is 19.7. The molecule has 0 bridgehead atoms. The van der Waals surface area contributed by atoms with Crippen molar-refractivity contribution in [1.29, 1.82) is 0 Å². The Morgan fingerprint density at radius 2 is 1.97 bits per heavy atom. The Balaban J connectivity index is 1.63. The summed E-state index contributed by atoms with van der Waals surface area (Å²) in [5, 5.41) is 23.4. The number of carboxylic acid groups (broad SMARTS) is 1. The first-order chi connectivity index (χ1) is 14.2. The van der Waals surface area contributed by atoms with Gasteiger partial charge in [-0.05, 0) is 29.7 Å². The van der Waals surface area contributed by atoms with Gasteiger partial charge in [0.2, 0.25) is 11.8 Å². The van der Waals surface area contributed by atoms with Crippen molar-refractivity contribution in [1.82, 2.24) is 19.9 Å². The third kappa shape index (κ3) is 3.66. The Kier molecular flexibility index (Phi) is 4.81. The molecule has 1 amide bonds. The third-order valence-electron chi connectivity index (χ3n) is 5.10. The fourth-order valence-electron chi connectivity index (χ4n) is 3.85. The number of oxazole rings is 1. The molecule has 3 aromatic rings. The predicted molar refractivity (Wildman–Crippen MR) is 110 cm³/mol. The van der Waals surface area contributed by atoms with E-state index in [-0.39, 0.29) is 11.8 Å². The summed E-state index contributed by atoms with van der Waals surface area (Å²) in [6.45, 7) is 6.12. The molecule has 156 valence electrons. The Labute approximate surface area is 173 Å². The minimum atomic E-state index is -1.02. The highest BCUT2D eigenvalue weighted by Gasteiger charge is 2.41. The minimum absolute atomic E-state index is 0.202. The lowest BCUT2D eigenvalue weighted by Crippen LogP contribution is -2.45. The summed E-state index contributed by atoms with van der Waals surface area (Å²) in [6, 6.07) is 6.92. The van der Waals surface area contributed by atoms with E-state index in [4.69, 9.17) is 4.42 Å². The van der Waals surface area contributed by atoms with E-state index in [0.29, 0.717) is 30.0 Å². The molecule has 9 heteroatoms. The van der Waals surface area contributed by atoms with Crippen molar-refractivity contribution in [3.63, 3.8) is 0 Å². The lowest BCUT2D eigenvalue weighted by molar-refractivity contribution is 0.0733. The fourth-order valence-corrected chi connectivity index (χ4v) is 3.85. The average molecular weight is 409 g/mol. The van der Waals surface area contributed by atoms with E-state index in [1.807, 2.05) is 45.0 Å². The lowest BCUT2D eigenvalue weighted by Gasteiger charge is -2.42. The van der Waals surface area contributed by atoms with Crippen LogP contribution in [0.5, 0.6) is 5.88 Å². The number of anilines is 2. The molecule has 1 aliphatic heterocycles. The monoisotopic (exact) mass is 409 g/mol. The summed E-state index contributed by atoms with van der Waals surface area (Å²) in [5.74, 6) is 0.724. The minimum Gasteiger partial charge on any atom is -0.493 e. The number of nitrogens with zero attached hydrogens (tertiary/aromatic N) is 4. The zero-order chi connectivity index (χ0) is 21.5. The number of aromatic hydroxyl groups is 1. The van der Waals surface area contributed by atoms with Crippen LogP contribution in [0.2, 0.25) is 0 Å². The van der Waals surface area contributed by atoms with Crippen LogP contribution >= 0.6 is 0 Å². The van der Waals surface area contributed by atoms with Crippen LogP contribution < -0.4 is 5.32 Å². The normalized spacial score (nSPS) is 16.2. The van der Waals surface area contributed by atoms with Crippen molar-refractivity contribution in [3.05, 3.63) is 48.1 Å². The molecule has 1 unspecified atom stereocenters. The Morgan fingerprint density at radius 3 is 2.57 bits per heavy atom. The largest absolute Gasteiger partial charge is 0.493 e. The molecule has 3 N–H and O–H groups in total. The van der Waals surface area contributed by atoms with Gasteiger partial charge in [-0.15, -0.1) is 0 Å². The SMILES string of the molecule is CC(C)(C)C1c2c(O)nc(Nc3ccc(-c4cnco4)cc3)nc2CCN1C(=O)O. The van der Waals surface area contributed by atoms with Gasteiger partial charge in [-0.25, -0.2) is 14.8 Å². The van der Waals surface area contributed by atoms with Gasteiger partial charge in [-0.2, -0.15) is 4.98 Å². The summed E-state index contributed by atoms with van der Waals surface area (Å²) in [4.78, 5) is 25.8. The lowest BCUT2D eigenvalue weighted by atomic mass is 9.79. The summed E-state index contributed by atoms with van der Waals surface area (Å²) >= 11 is 0. The summed E-state index contributed by atoms with van der Waals surface area (Å²) in [7, 11) is 0. The van der Waals surface area contributed by atoms with Gasteiger partial charge < -0.3 is 24.8 Å². The molecule has 30 heavy (non-hydrogen) atoms. The number of hydrogen-bond donors (Lipinski definition) is 3. The van der Waals surface area contributed by atoms with Gasteiger partial charge in [-0.1, -0.05) is 20.8 Å². The van der Waals surface area contributed by atoms with E-state index in [0.717, 1.165) is 11.3 Å². The molecule has 0 saturated heterocycles. The summed E-state index contributed by atoms with van der Waals surface area (Å²) < 4.78 is 5.28. The van der Waals surface area contributed by atoms with Gasteiger partial charge in [0.15, 0.2) is 12.2 Å². The Hall–Kier alpha value is -3.62. The molecule has 1 aliphatic rings. The van der Waals surface area contributed by atoms with E-state index in [9.17, 15) is 15.0 Å². The number of carbonyl (C=O) groups is 1. The van der Waals surface area contributed by atoms with E-state index in [1.165, 1.54) is 11.3 Å². The topological polar surface area (TPSA) is 125 Å². The molecule has 1 aromatic carbocycles. The van der Waals surface area contributed by atoms with Gasteiger partial charge >= 0.3 is 6.09 Å². The van der Waals surface area contributed by atoms with Crippen molar-refractivity contribution in [3.8, 4) is 17.2 Å². The second-order valence-corrected chi connectivity index (χ2v) is 8.29. The highest BCUT2D eigenvalue weighted by molar-refractivity contribution is 5.67. The first-order valence-electron chi connectivity index (χ1n) is 9.59. The van der Waals surface area contributed by atoms with Crippen LogP contribution in [-0.4, -0.2) is 42.7 Å². The molecule has 1 atom stereocenters. The highest BCUT2D eigenvalue weighted by atomic mass is 16.4. The molecule has 2 aromatic heterocycles. The smallest absolute Gasteiger partial charge is 0.407 e. The second kappa shape index (κ2) is 7.33. The van der Waals surface area contributed by atoms with Gasteiger partial charge in [0, 0.05) is 24.2 Å². The van der Waals surface area contributed by atoms with Crippen molar-refractivity contribution >= 4 is 17.7 Å². The molecule has 0 aliphatic carbocycles. The zero-order valence-electron chi connectivity index (χ0n) is 17.0.